The maximum atomic E-state index is 6.20. The number of fused-ring (bicyclic) bond motifs is 3. The molecule has 0 bridgehead atoms. The quantitative estimate of drug-likeness (QED) is 0.624. The van der Waals surface area contributed by atoms with Gasteiger partial charge in [0, 0.05) is 27.6 Å². The van der Waals surface area contributed by atoms with Gasteiger partial charge >= 0.3 is 0 Å². The molecule has 0 saturated carbocycles. The molecule has 0 amide bonds. The smallest absolute Gasteiger partial charge is 0.247 e. The zero-order valence-corrected chi connectivity index (χ0v) is 15.7. The van der Waals surface area contributed by atoms with Crippen LogP contribution in [-0.2, 0) is 0 Å². The topological polar surface area (TPSA) is 59.9 Å². The molecule has 0 fully saturated rings. The summed E-state index contributed by atoms with van der Waals surface area (Å²) >= 11 is 7.74. The van der Waals surface area contributed by atoms with Gasteiger partial charge in [0.05, 0.1) is 0 Å². The Bertz CT molecular complexity index is 937. The fourth-order valence-electron chi connectivity index (χ4n) is 2.72. The Kier molecular flexibility index (Phi) is 4.95. The SMILES string of the molecule is CCCSc1nnc2c(n1)O[C@H](c1cccc(Cl)c1)Nc1ccccc1-2. The third-order valence-corrected chi connectivity index (χ3v) is 5.20. The molecule has 0 unspecified atom stereocenters. The van der Waals surface area contributed by atoms with E-state index < -0.39 is 6.23 Å². The predicted molar refractivity (Wildman–Crippen MR) is 105 cm³/mol. The van der Waals surface area contributed by atoms with Gasteiger partial charge in [-0.05, 0) is 24.6 Å². The van der Waals surface area contributed by atoms with Crippen LogP contribution in [0.2, 0.25) is 5.02 Å². The number of ether oxygens (including phenoxy) is 1. The van der Waals surface area contributed by atoms with Crippen molar-refractivity contribution >= 4 is 29.1 Å². The van der Waals surface area contributed by atoms with E-state index in [1.165, 1.54) is 0 Å². The lowest BCUT2D eigenvalue weighted by atomic mass is 10.1. The van der Waals surface area contributed by atoms with Crippen molar-refractivity contribution in [3.63, 3.8) is 0 Å². The van der Waals surface area contributed by atoms with Crippen molar-refractivity contribution in [2.75, 3.05) is 11.1 Å². The number of hydrogen-bond acceptors (Lipinski definition) is 6. The highest BCUT2D eigenvalue weighted by atomic mass is 35.5. The van der Waals surface area contributed by atoms with Crippen LogP contribution in [0.4, 0.5) is 5.69 Å². The second-order valence-corrected chi connectivity index (χ2v) is 7.34. The number of rotatable bonds is 4. The molecule has 1 aromatic heterocycles. The van der Waals surface area contributed by atoms with Gasteiger partial charge in [0.25, 0.3) is 0 Å². The van der Waals surface area contributed by atoms with Crippen LogP contribution in [0.3, 0.4) is 0 Å². The molecule has 1 aliphatic rings. The van der Waals surface area contributed by atoms with Gasteiger partial charge in [-0.15, -0.1) is 10.2 Å². The maximum absolute atomic E-state index is 6.20. The average molecular weight is 385 g/mol. The van der Waals surface area contributed by atoms with Gasteiger partial charge < -0.3 is 10.1 Å². The van der Waals surface area contributed by atoms with Crippen LogP contribution in [-0.4, -0.2) is 20.9 Å². The Hall–Kier alpha value is -2.31. The molecule has 1 aliphatic heterocycles. The number of aromatic nitrogens is 3. The second-order valence-electron chi connectivity index (χ2n) is 5.84. The van der Waals surface area contributed by atoms with E-state index in [4.69, 9.17) is 16.3 Å². The van der Waals surface area contributed by atoms with Crippen molar-refractivity contribution in [2.24, 2.45) is 0 Å². The molecule has 1 N–H and O–H groups in total. The standard InChI is InChI=1S/C19H17ClN4OS/c1-2-10-26-19-22-18-16(23-24-19)14-8-3-4-9-15(14)21-17(25-18)12-6-5-7-13(20)11-12/h3-9,11,17,21H,2,10H2,1H3/t17-/m1/s1. The highest BCUT2D eigenvalue weighted by Gasteiger charge is 2.26. The highest BCUT2D eigenvalue weighted by molar-refractivity contribution is 7.99. The van der Waals surface area contributed by atoms with Gasteiger partial charge in [0.2, 0.25) is 11.0 Å². The molecular weight excluding hydrogens is 368 g/mol. The summed E-state index contributed by atoms with van der Waals surface area (Å²) in [6.07, 6.45) is 0.624. The van der Waals surface area contributed by atoms with E-state index in [0.29, 0.717) is 21.8 Å². The normalized spacial score (nSPS) is 15.2. The van der Waals surface area contributed by atoms with Crippen molar-refractivity contribution in [3.8, 4) is 17.1 Å². The minimum atomic E-state index is -0.420. The first-order valence-electron chi connectivity index (χ1n) is 8.40. The minimum absolute atomic E-state index is 0.420. The number of benzene rings is 2. The van der Waals surface area contributed by atoms with Crippen molar-refractivity contribution in [3.05, 3.63) is 59.1 Å². The lowest BCUT2D eigenvalue weighted by Gasteiger charge is -2.19. The molecule has 2 aromatic carbocycles. The van der Waals surface area contributed by atoms with Crippen LogP contribution in [0.25, 0.3) is 11.3 Å². The van der Waals surface area contributed by atoms with Crippen molar-refractivity contribution in [2.45, 2.75) is 24.7 Å². The van der Waals surface area contributed by atoms with Crippen LogP contribution in [0.1, 0.15) is 25.1 Å². The van der Waals surface area contributed by atoms with Gasteiger partial charge in [-0.1, -0.05) is 60.6 Å². The van der Waals surface area contributed by atoms with Gasteiger partial charge in [-0.25, -0.2) is 0 Å². The Labute approximate surface area is 161 Å². The molecular formula is C19H17ClN4OS. The molecule has 3 aromatic rings. The average Bonchev–Trinajstić information content (AvgIpc) is 2.83. The fourth-order valence-corrected chi connectivity index (χ4v) is 3.55. The molecule has 0 radical (unpaired) electrons. The van der Waals surface area contributed by atoms with Gasteiger partial charge in [-0.2, -0.15) is 4.98 Å². The third kappa shape index (κ3) is 3.48. The Morgan fingerprint density at radius 2 is 2.04 bits per heavy atom. The van der Waals surface area contributed by atoms with Crippen LogP contribution in [0.15, 0.2) is 53.7 Å². The Morgan fingerprint density at radius 3 is 2.88 bits per heavy atom. The molecule has 1 atom stereocenters. The monoisotopic (exact) mass is 384 g/mol. The molecule has 0 spiro atoms. The zero-order valence-electron chi connectivity index (χ0n) is 14.1. The molecule has 0 saturated heterocycles. The molecule has 2 heterocycles. The number of para-hydroxylation sites is 1. The Balaban J connectivity index is 1.79. The fraction of sp³-hybridized carbons (Fsp3) is 0.211. The van der Waals surface area contributed by atoms with Gasteiger partial charge in [-0.3, -0.25) is 0 Å². The first-order chi connectivity index (χ1) is 12.7. The largest absolute Gasteiger partial charge is 0.448 e. The van der Waals surface area contributed by atoms with E-state index in [1.807, 2.05) is 48.5 Å². The first kappa shape index (κ1) is 17.1. The molecule has 0 aliphatic carbocycles. The third-order valence-electron chi connectivity index (χ3n) is 3.92. The second kappa shape index (κ2) is 7.51. The van der Waals surface area contributed by atoms with Gasteiger partial charge in [0.15, 0.2) is 11.9 Å². The molecule has 4 rings (SSSR count). The van der Waals surface area contributed by atoms with E-state index in [1.54, 1.807) is 11.8 Å². The summed E-state index contributed by atoms with van der Waals surface area (Å²) in [5, 5.41) is 13.3. The highest BCUT2D eigenvalue weighted by Crippen LogP contribution is 2.39. The molecule has 5 nitrogen and oxygen atoms in total. The summed E-state index contributed by atoms with van der Waals surface area (Å²) in [5.41, 5.74) is 3.39. The summed E-state index contributed by atoms with van der Waals surface area (Å²) in [6, 6.07) is 15.5. The van der Waals surface area contributed by atoms with Crippen LogP contribution < -0.4 is 10.1 Å². The van der Waals surface area contributed by atoms with Crippen LogP contribution in [0.5, 0.6) is 5.88 Å². The van der Waals surface area contributed by atoms with Crippen LogP contribution >= 0.6 is 23.4 Å². The van der Waals surface area contributed by atoms with Crippen molar-refractivity contribution in [1.82, 2.24) is 15.2 Å². The molecule has 132 valence electrons. The van der Waals surface area contributed by atoms with E-state index >= 15 is 0 Å². The summed E-state index contributed by atoms with van der Waals surface area (Å²) in [6.45, 7) is 2.12. The van der Waals surface area contributed by atoms with E-state index in [0.717, 1.165) is 29.0 Å². The van der Waals surface area contributed by atoms with Crippen molar-refractivity contribution in [1.29, 1.82) is 0 Å². The predicted octanol–water partition coefficient (Wildman–Crippen LogP) is 5.20. The number of hydrogen-bond donors (Lipinski definition) is 1. The summed E-state index contributed by atoms with van der Waals surface area (Å²) in [4.78, 5) is 4.60. The van der Waals surface area contributed by atoms with Crippen LogP contribution in [0, 0.1) is 0 Å². The number of nitrogens with one attached hydrogen (secondary N) is 1. The maximum Gasteiger partial charge on any atom is 0.247 e. The number of anilines is 1. The summed E-state index contributed by atoms with van der Waals surface area (Å²) in [7, 11) is 0. The van der Waals surface area contributed by atoms with E-state index in [9.17, 15) is 0 Å². The van der Waals surface area contributed by atoms with E-state index in [2.05, 4.69) is 27.4 Å². The number of halogens is 1. The lowest BCUT2D eigenvalue weighted by Crippen LogP contribution is -2.17. The number of thioether (sulfide) groups is 1. The zero-order chi connectivity index (χ0) is 17.9. The summed E-state index contributed by atoms with van der Waals surface area (Å²) in [5.74, 6) is 1.41. The number of nitrogens with zero attached hydrogens (tertiary/aromatic N) is 3. The molecule has 7 heteroatoms. The minimum Gasteiger partial charge on any atom is -0.448 e. The van der Waals surface area contributed by atoms with Gasteiger partial charge in [0.1, 0.15) is 0 Å². The molecule has 26 heavy (non-hydrogen) atoms. The van der Waals surface area contributed by atoms with E-state index in [-0.39, 0.29) is 0 Å². The van der Waals surface area contributed by atoms with Crippen molar-refractivity contribution < 1.29 is 4.74 Å². The lowest BCUT2D eigenvalue weighted by molar-refractivity contribution is 0.225. The Morgan fingerprint density at radius 1 is 1.15 bits per heavy atom. The summed E-state index contributed by atoms with van der Waals surface area (Å²) < 4.78 is 6.20. The first-order valence-corrected chi connectivity index (χ1v) is 9.76.